The zero-order valence-corrected chi connectivity index (χ0v) is 16.2. The Kier molecular flexibility index (Phi) is 7.03. The normalized spacial score (nSPS) is 19.5. The third-order valence-corrected chi connectivity index (χ3v) is 4.92. The van der Waals surface area contributed by atoms with E-state index < -0.39 is 5.54 Å². The highest BCUT2D eigenvalue weighted by Gasteiger charge is 2.34. The number of carbonyl (C=O) groups is 2. The first-order valence-corrected chi connectivity index (χ1v) is 9.51. The number of benzene rings is 1. The van der Waals surface area contributed by atoms with Crippen LogP contribution in [0, 0.1) is 12.8 Å². The van der Waals surface area contributed by atoms with Gasteiger partial charge in [-0.2, -0.15) is 0 Å². The minimum Gasteiger partial charge on any atom is -0.341 e. The Morgan fingerprint density at radius 3 is 2.65 bits per heavy atom. The van der Waals surface area contributed by atoms with Crippen LogP contribution < -0.4 is 16.4 Å². The molecule has 2 atom stereocenters. The molecule has 1 aromatic carbocycles. The van der Waals surface area contributed by atoms with E-state index >= 15 is 0 Å². The fourth-order valence-electron chi connectivity index (χ4n) is 3.45. The second-order valence-electron chi connectivity index (χ2n) is 7.63. The smallest absolute Gasteiger partial charge is 0.319 e. The van der Waals surface area contributed by atoms with Gasteiger partial charge in [0.2, 0.25) is 5.91 Å². The number of nitrogens with zero attached hydrogens (tertiary/aromatic N) is 1. The van der Waals surface area contributed by atoms with Gasteiger partial charge in [0.1, 0.15) is 0 Å². The van der Waals surface area contributed by atoms with Gasteiger partial charge in [0.05, 0.1) is 5.54 Å². The first-order valence-electron chi connectivity index (χ1n) is 9.51. The molecule has 1 aromatic rings. The van der Waals surface area contributed by atoms with Gasteiger partial charge >= 0.3 is 6.03 Å². The van der Waals surface area contributed by atoms with E-state index in [1.54, 1.807) is 0 Å². The number of anilines is 1. The van der Waals surface area contributed by atoms with Gasteiger partial charge in [-0.1, -0.05) is 31.0 Å². The third kappa shape index (κ3) is 5.73. The molecule has 0 aliphatic carbocycles. The zero-order valence-electron chi connectivity index (χ0n) is 16.2. The Morgan fingerprint density at radius 1 is 1.31 bits per heavy atom. The standard InChI is InChI=1S/C20H32N4O2/c1-4-11-20(3,21)18(25)24-12-5-6-16(14-24)13-22-19(26)23-17-9-7-15(2)8-10-17/h7-10,16H,4-6,11-14,21H2,1-3H3,(H2,22,23,26). The maximum atomic E-state index is 12.7. The van der Waals surface area contributed by atoms with E-state index in [-0.39, 0.29) is 17.9 Å². The second kappa shape index (κ2) is 9.03. The topological polar surface area (TPSA) is 87.5 Å². The summed E-state index contributed by atoms with van der Waals surface area (Å²) in [4.78, 5) is 26.6. The van der Waals surface area contributed by atoms with E-state index in [0.29, 0.717) is 19.5 Å². The lowest BCUT2D eigenvalue weighted by atomic mass is 9.92. The van der Waals surface area contributed by atoms with Crippen molar-refractivity contribution in [3.8, 4) is 0 Å². The molecule has 144 valence electrons. The van der Waals surface area contributed by atoms with Crippen LogP contribution in [0.1, 0.15) is 45.1 Å². The number of piperidine rings is 1. The average Bonchev–Trinajstić information content (AvgIpc) is 2.61. The number of nitrogens with one attached hydrogen (secondary N) is 2. The molecule has 1 saturated heterocycles. The van der Waals surface area contributed by atoms with Crippen molar-refractivity contribution in [2.75, 3.05) is 25.0 Å². The molecule has 2 rings (SSSR count). The van der Waals surface area contributed by atoms with Crippen molar-refractivity contribution in [2.45, 2.75) is 52.0 Å². The third-order valence-electron chi connectivity index (χ3n) is 4.92. The molecular weight excluding hydrogens is 328 g/mol. The lowest BCUT2D eigenvalue weighted by Crippen LogP contribution is -2.56. The van der Waals surface area contributed by atoms with Crippen molar-refractivity contribution in [2.24, 2.45) is 11.7 Å². The van der Waals surface area contributed by atoms with Crippen LogP contribution in [0.3, 0.4) is 0 Å². The zero-order chi connectivity index (χ0) is 19.2. The molecule has 4 N–H and O–H groups in total. The molecule has 6 heteroatoms. The predicted octanol–water partition coefficient (Wildman–Crippen LogP) is 2.87. The Morgan fingerprint density at radius 2 is 2.00 bits per heavy atom. The molecule has 0 aromatic heterocycles. The molecule has 1 fully saturated rings. The first kappa shape index (κ1) is 20.2. The van der Waals surface area contributed by atoms with Gasteiger partial charge in [0.15, 0.2) is 0 Å². The molecule has 0 radical (unpaired) electrons. The average molecular weight is 361 g/mol. The van der Waals surface area contributed by atoms with Crippen molar-refractivity contribution in [3.05, 3.63) is 29.8 Å². The molecular formula is C20H32N4O2. The number of rotatable bonds is 6. The van der Waals surface area contributed by atoms with Crippen LogP contribution in [0.2, 0.25) is 0 Å². The van der Waals surface area contributed by atoms with E-state index in [0.717, 1.165) is 37.1 Å². The van der Waals surface area contributed by atoms with Crippen LogP contribution >= 0.6 is 0 Å². The van der Waals surface area contributed by atoms with Crippen LogP contribution in [0.5, 0.6) is 0 Å². The quantitative estimate of drug-likeness (QED) is 0.729. The molecule has 2 unspecified atom stereocenters. The van der Waals surface area contributed by atoms with E-state index in [2.05, 4.69) is 10.6 Å². The lowest BCUT2D eigenvalue weighted by molar-refractivity contribution is -0.138. The van der Waals surface area contributed by atoms with Gasteiger partial charge in [-0.05, 0) is 51.2 Å². The number of nitrogens with two attached hydrogens (primary N) is 1. The number of aryl methyl sites for hydroxylation is 1. The summed E-state index contributed by atoms with van der Waals surface area (Å²) in [6.07, 6.45) is 3.52. The van der Waals surface area contributed by atoms with Gasteiger partial charge in [-0.15, -0.1) is 0 Å². The number of amides is 3. The highest BCUT2D eigenvalue weighted by molar-refractivity contribution is 5.89. The Hall–Kier alpha value is -2.08. The molecule has 0 spiro atoms. The number of carbonyl (C=O) groups excluding carboxylic acids is 2. The van der Waals surface area contributed by atoms with Gasteiger partial charge in [0.25, 0.3) is 0 Å². The van der Waals surface area contributed by atoms with E-state index in [1.165, 1.54) is 0 Å². The van der Waals surface area contributed by atoms with Gasteiger partial charge < -0.3 is 21.3 Å². The Bertz CT molecular complexity index is 613. The van der Waals surface area contributed by atoms with Crippen LogP contribution in [-0.4, -0.2) is 42.0 Å². The Labute approximate surface area is 156 Å². The largest absolute Gasteiger partial charge is 0.341 e. The van der Waals surface area contributed by atoms with Gasteiger partial charge in [-0.25, -0.2) is 4.79 Å². The van der Waals surface area contributed by atoms with E-state index in [4.69, 9.17) is 5.73 Å². The van der Waals surface area contributed by atoms with E-state index in [1.807, 2.05) is 49.9 Å². The molecule has 1 aliphatic heterocycles. The summed E-state index contributed by atoms with van der Waals surface area (Å²) in [7, 11) is 0. The fourth-order valence-corrected chi connectivity index (χ4v) is 3.45. The molecule has 3 amide bonds. The van der Waals surface area contributed by atoms with Gasteiger partial charge in [0, 0.05) is 25.3 Å². The SMILES string of the molecule is CCCC(C)(N)C(=O)N1CCCC(CNC(=O)Nc2ccc(C)cc2)C1. The molecule has 0 saturated carbocycles. The number of hydrogen-bond acceptors (Lipinski definition) is 3. The summed E-state index contributed by atoms with van der Waals surface area (Å²) in [5, 5.41) is 5.75. The summed E-state index contributed by atoms with van der Waals surface area (Å²) in [6.45, 7) is 7.81. The fraction of sp³-hybridized carbons (Fsp3) is 0.600. The van der Waals surface area contributed by atoms with Gasteiger partial charge in [-0.3, -0.25) is 4.79 Å². The van der Waals surface area contributed by atoms with Crippen LogP contribution in [0.25, 0.3) is 0 Å². The molecule has 1 heterocycles. The highest BCUT2D eigenvalue weighted by atomic mass is 16.2. The maximum Gasteiger partial charge on any atom is 0.319 e. The molecule has 1 aliphatic rings. The second-order valence-corrected chi connectivity index (χ2v) is 7.63. The molecule has 0 bridgehead atoms. The van der Waals surface area contributed by atoms with Crippen LogP contribution in [-0.2, 0) is 4.79 Å². The minimum absolute atomic E-state index is 0.0214. The van der Waals surface area contributed by atoms with Crippen LogP contribution in [0.15, 0.2) is 24.3 Å². The summed E-state index contributed by atoms with van der Waals surface area (Å²) in [5.41, 5.74) is 7.32. The summed E-state index contributed by atoms with van der Waals surface area (Å²) < 4.78 is 0. The number of likely N-dealkylation sites (tertiary alicyclic amines) is 1. The predicted molar refractivity (Wildman–Crippen MR) is 105 cm³/mol. The summed E-state index contributed by atoms with van der Waals surface area (Å²) in [6, 6.07) is 7.46. The highest BCUT2D eigenvalue weighted by Crippen LogP contribution is 2.20. The summed E-state index contributed by atoms with van der Waals surface area (Å²) >= 11 is 0. The van der Waals surface area contributed by atoms with Crippen LogP contribution in [0.4, 0.5) is 10.5 Å². The van der Waals surface area contributed by atoms with Crippen molar-refractivity contribution in [1.82, 2.24) is 10.2 Å². The van der Waals surface area contributed by atoms with Crippen molar-refractivity contribution in [3.63, 3.8) is 0 Å². The monoisotopic (exact) mass is 360 g/mol. The number of urea groups is 1. The van der Waals surface area contributed by atoms with Crippen molar-refractivity contribution < 1.29 is 9.59 Å². The van der Waals surface area contributed by atoms with Crippen molar-refractivity contribution in [1.29, 1.82) is 0 Å². The summed E-state index contributed by atoms with van der Waals surface area (Å²) in [5.74, 6) is 0.280. The molecule has 26 heavy (non-hydrogen) atoms. The maximum absolute atomic E-state index is 12.7. The minimum atomic E-state index is -0.799. The van der Waals surface area contributed by atoms with E-state index in [9.17, 15) is 9.59 Å². The first-order chi connectivity index (χ1) is 12.3. The Balaban J connectivity index is 1.81. The molecule has 6 nitrogen and oxygen atoms in total. The lowest BCUT2D eigenvalue weighted by Gasteiger charge is -2.37. The van der Waals surface area contributed by atoms with Crippen molar-refractivity contribution >= 4 is 17.6 Å². The number of hydrogen-bond donors (Lipinski definition) is 3.